The Labute approximate surface area is 153 Å². The summed E-state index contributed by atoms with van der Waals surface area (Å²) in [6.07, 6.45) is -0.0283. The Morgan fingerprint density at radius 2 is 1.92 bits per heavy atom. The zero-order chi connectivity index (χ0) is 18.2. The highest BCUT2D eigenvalue weighted by Gasteiger charge is 2.17. The van der Waals surface area contributed by atoms with Crippen molar-refractivity contribution in [2.45, 2.75) is 11.3 Å². The molecule has 3 aromatic rings. The first-order chi connectivity index (χ1) is 11.8. The fourth-order valence-electron chi connectivity index (χ4n) is 2.29. The molecule has 0 aliphatic rings. The summed E-state index contributed by atoms with van der Waals surface area (Å²) in [6, 6.07) is 8.79. The van der Waals surface area contributed by atoms with Crippen molar-refractivity contribution in [1.29, 1.82) is 0 Å². The lowest BCUT2D eigenvalue weighted by atomic mass is 10.1. The quantitative estimate of drug-likeness (QED) is 0.611. The third-order valence-electron chi connectivity index (χ3n) is 3.44. The van der Waals surface area contributed by atoms with E-state index < -0.39 is 15.9 Å². The van der Waals surface area contributed by atoms with Gasteiger partial charge in [0.2, 0.25) is 5.91 Å². The topological polar surface area (TPSA) is 118 Å². The lowest BCUT2D eigenvalue weighted by Crippen LogP contribution is -2.14. The second-order valence-electron chi connectivity index (χ2n) is 5.26. The van der Waals surface area contributed by atoms with E-state index in [9.17, 15) is 13.2 Å². The van der Waals surface area contributed by atoms with Crippen molar-refractivity contribution in [2.75, 3.05) is 4.72 Å². The molecule has 7 nitrogen and oxygen atoms in total. The highest BCUT2D eigenvalue weighted by Crippen LogP contribution is 2.27. The molecule has 0 bridgehead atoms. The lowest BCUT2D eigenvalue weighted by Gasteiger charge is -2.09. The number of primary amides is 1. The van der Waals surface area contributed by atoms with Gasteiger partial charge >= 0.3 is 0 Å². The highest BCUT2D eigenvalue weighted by molar-refractivity contribution is 7.92. The lowest BCUT2D eigenvalue weighted by molar-refractivity contribution is -0.117. The van der Waals surface area contributed by atoms with Crippen molar-refractivity contribution >= 4 is 55.7 Å². The number of nitrogens with zero attached hydrogens (tertiary/aromatic N) is 1. The second-order valence-corrected chi connectivity index (χ2v) is 7.76. The maximum atomic E-state index is 12.5. The van der Waals surface area contributed by atoms with E-state index in [0.29, 0.717) is 22.3 Å². The molecule has 2 aromatic carbocycles. The van der Waals surface area contributed by atoms with E-state index in [1.54, 1.807) is 18.2 Å². The van der Waals surface area contributed by atoms with Crippen LogP contribution in [0.15, 0.2) is 41.3 Å². The fraction of sp³-hybridized carbons (Fsp3) is 0.0667. The van der Waals surface area contributed by atoms with E-state index in [1.807, 2.05) is 0 Å². The van der Waals surface area contributed by atoms with Crippen LogP contribution in [-0.4, -0.2) is 24.5 Å². The third-order valence-corrected chi connectivity index (χ3v) is 5.56. The molecular weight excluding hydrogens is 387 g/mol. The molecule has 0 spiro atoms. The Kier molecular flexibility index (Phi) is 4.59. The number of nitrogens with two attached hydrogens (primary N) is 1. The van der Waals surface area contributed by atoms with Gasteiger partial charge in [0.1, 0.15) is 0 Å². The molecule has 3 rings (SSSR count). The number of nitrogens with one attached hydrogen (secondary N) is 2. The molecule has 0 atom stereocenters. The Hall–Kier alpha value is -2.29. The Balaban J connectivity index is 1.96. The first kappa shape index (κ1) is 17.5. The van der Waals surface area contributed by atoms with Crippen LogP contribution in [0.5, 0.6) is 0 Å². The molecule has 4 N–H and O–H groups in total. The summed E-state index contributed by atoms with van der Waals surface area (Å²) in [5.41, 5.74) is 6.61. The summed E-state index contributed by atoms with van der Waals surface area (Å²) in [5.74, 6) is -0.521. The van der Waals surface area contributed by atoms with Gasteiger partial charge in [0.05, 0.1) is 32.6 Å². The highest BCUT2D eigenvalue weighted by atomic mass is 35.5. The summed E-state index contributed by atoms with van der Waals surface area (Å²) in [5, 5.41) is 7.77. The largest absolute Gasteiger partial charge is 0.369 e. The van der Waals surface area contributed by atoms with Gasteiger partial charge in [0, 0.05) is 11.1 Å². The van der Waals surface area contributed by atoms with Crippen molar-refractivity contribution < 1.29 is 13.2 Å². The summed E-state index contributed by atoms with van der Waals surface area (Å²) in [4.78, 5) is 11.1. The molecule has 0 radical (unpaired) electrons. The predicted molar refractivity (Wildman–Crippen MR) is 96.3 cm³/mol. The predicted octanol–water partition coefficient (Wildman–Crippen LogP) is 2.70. The molecule has 1 aromatic heterocycles. The molecule has 1 heterocycles. The van der Waals surface area contributed by atoms with Crippen LogP contribution in [-0.2, 0) is 21.2 Å². The number of aromatic nitrogens is 2. The molecule has 130 valence electrons. The van der Waals surface area contributed by atoms with Crippen molar-refractivity contribution in [3.63, 3.8) is 0 Å². The first-order valence-electron chi connectivity index (χ1n) is 6.99. The van der Waals surface area contributed by atoms with E-state index >= 15 is 0 Å². The number of sulfonamides is 1. The Morgan fingerprint density at radius 1 is 1.16 bits per heavy atom. The van der Waals surface area contributed by atoms with E-state index in [2.05, 4.69) is 14.9 Å². The number of carbonyl (C=O) groups excluding carboxylic acids is 1. The first-order valence-corrected chi connectivity index (χ1v) is 9.23. The standard InChI is InChI=1S/C15H12Cl2N4O3S/c16-11-3-2-9(6-12(11)17)25(23,24)21-8-1-4-13-10(5-8)14(20-19-13)7-15(18)22/h1-6,21H,7H2,(H2,18,22)(H,19,20). The maximum Gasteiger partial charge on any atom is 0.261 e. The smallest absolute Gasteiger partial charge is 0.261 e. The summed E-state index contributed by atoms with van der Waals surface area (Å²) >= 11 is 11.7. The van der Waals surface area contributed by atoms with Crippen LogP contribution in [0.4, 0.5) is 5.69 Å². The Bertz CT molecular complexity index is 1080. The van der Waals surface area contributed by atoms with Gasteiger partial charge < -0.3 is 5.73 Å². The van der Waals surface area contributed by atoms with Gasteiger partial charge in [0.15, 0.2) is 0 Å². The number of rotatable bonds is 5. The van der Waals surface area contributed by atoms with Gasteiger partial charge in [-0.15, -0.1) is 0 Å². The number of fused-ring (bicyclic) bond motifs is 1. The number of H-pyrrole nitrogens is 1. The number of hydrogen-bond acceptors (Lipinski definition) is 4. The van der Waals surface area contributed by atoms with Gasteiger partial charge in [0.25, 0.3) is 10.0 Å². The number of amides is 1. The second kappa shape index (κ2) is 6.55. The molecule has 10 heteroatoms. The monoisotopic (exact) mass is 398 g/mol. The third kappa shape index (κ3) is 3.71. The molecule has 0 unspecified atom stereocenters. The molecule has 25 heavy (non-hydrogen) atoms. The average molecular weight is 399 g/mol. The number of aromatic amines is 1. The molecule has 0 aliphatic carbocycles. The Morgan fingerprint density at radius 3 is 2.60 bits per heavy atom. The minimum Gasteiger partial charge on any atom is -0.369 e. The minimum absolute atomic E-state index is 0.0217. The van der Waals surface area contributed by atoms with Gasteiger partial charge in [-0.1, -0.05) is 23.2 Å². The van der Waals surface area contributed by atoms with Crippen LogP contribution < -0.4 is 10.5 Å². The van der Waals surface area contributed by atoms with Gasteiger partial charge in [-0.3, -0.25) is 14.6 Å². The summed E-state index contributed by atoms with van der Waals surface area (Å²) in [6.45, 7) is 0. The molecule has 0 saturated carbocycles. The van der Waals surface area contributed by atoms with Crippen molar-refractivity contribution in [1.82, 2.24) is 10.2 Å². The van der Waals surface area contributed by atoms with Crippen LogP contribution >= 0.6 is 23.2 Å². The SMILES string of the molecule is NC(=O)Cc1[nH]nc2ccc(NS(=O)(=O)c3ccc(Cl)c(Cl)c3)cc12. The van der Waals surface area contributed by atoms with E-state index in [1.165, 1.54) is 18.2 Å². The number of hydrogen-bond donors (Lipinski definition) is 3. The van der Waals surface area contributed by atoms with Gasteiger partial charge in [-0.25, -0.2) is 8.42 Å². The van der Waals surface area contributed by atoms with E-state index in [-0.39, 0.29) is 21.4 Å². The van der Waals surface area contributed by atoms with E-state index in [4.69, 9.17) is 28.9 Å². The van der Waals surface area contributed by atoms with Crippen molar-refractivity contribution in [3.05, 3.63) is 52.1 Å². The molecule has 0 fully saturated rings. The molecule has 0 aliphatic heterocycles. The van der Waals surface area contributed by atoms with Gasteiger partial charge in [-0.05, 0) is 36.4 Å². The number of halogens is 2. The van der Waals surface area contributed by atoms with Crippen LogP contribution in [0.2, 0.25) is 10.0 Å². The van der Waals surface area contributed by atoms with Gasteiger partial charge in [-0.2, -0.15) is 5.10 Å². The molecule has 0 saturated heterocycles. The summed E-state index contributed by atoms with van der Waals surface area (Å²) in [7, 11) is -3.86. The van der Waals surface area contributed by atoms with Crippen molar-refractivity contribution in [2.24, 2.45) is 5.73 Å². The number of carbonyl (C=O) groups is 1. The molecule has 1 amide bonds. The van der Waals surface area contributed by atoms with E-state index in [0.717, 1.165) is 0 Å². The average Bonchev–Trinajstić information content (AvgIpc) is 2.91. The fourth-order valence-corrected chi connectivity index (χ4v) is 3.73. The van der Waals surface area contributed by atoms with Crippen molar-refractivity contribution in [3.8, 4) is 0 Å². The van der Waals surface area contributed by atoms with Crippen LogP contribution in [0.3, 0.4) is 0 Å². The molecular formula is C15H12Cl2N4O3S. The zero-order valence-corrected chi connectivity index (χ0v) is 14.9. The van der Waals surface area contributed by atoms with Crippen LogP contribution in [0.1, 0.15) is 5.69 Å². The minimum atomic E-state index is -3.86. The number of anilines is 1. The normalized spacial score (nSPS) is 11.6. The maximum absolute atomic E-state index is 12.5. The summed E-state index contributed by atoms with van der Waals surface area (Å²) < 4.78 is 27.4. The zero-order valence-electron chi connectivity index (χ0n) is 12.6. The van der Waals surface area contributed by atoms with Crippen LogP contribution in [0.25, 0.3) is 10.9 Å². The van der Waals surface area contributed by atoms with Crippen LogP contribution in [0, 0.1) is 0 Å². The number of benzene rings is 2.